The van der Waals surface area contributed by atoms with Gasteiger partial charge in [0.15, 0.2) is 0 Å². The van der Waals surface area contributed by atoms with Gasteiger partial charge in [-0.2, -0.15) is 0 Å². The molecule has 0 aliphatic heterocycles. The lowest BCUT2D eigenvalue weighted by Crippen LogP contribution is -2.50. The van der Waals surface area contributed by atoms with Gasteiger partial charge in [-0.1, -0.05) is 59.1 Å². The summed E-state index contributed by atoms with van der Waals surface area (Å²) in [4.78, 5) is 27.5. The summed E-state index contributed by atoms with van der Waals surface area (Å²) >= 11 is 3.44. The molecular formula is C23H26BrFN2O2. The van der Waals surface area contributed by atoms with Crippen molar-refractivity contribution in [3.05, 3.63) is 69.9 Å². The van der Waals surface area contributed by atoms with Crippen LogP contribution in [-0.2, 0) is 22.6 Å². The lowest BCUT2D eigenvalue weighted by molar-refractivity contribution is -0.140. The van der Waals surface area contributed by atoms with Crippen LogP contribution in [0.5, 0.6) is 0 Å². The fraction of sp³-hybridized carbons (Fsp3) is 0.391. The van der Waals surface area contributed by atoms with Crippen LogP contribution in [0, 0.1) is 5.82 Å². The number of nitrogens with one attached hydrogen (secondary N) is 1. The van der Waals surface area contributed by atoms with Gasteiger partial charge < -0.3 is 10.2 Å². The molecule has 1 N–H and O–H groups in total. The van der Waals surface area contributed by atoms with E-state index in [0.29, 0.717) is 5.56 Å². The predicted octanol–water partition coefficient (Wildman–Crippen LogP) is 4.61. The van der Waals surface area contributed by atoms with Gasteiger partial charge in [-0.25, -0.2) is 4.39 Å². The molecule has 0 radical (unpaired) electrons. The van der Waals surface area contributed by atoms with E-state index < -0.39 is 11.9 Å². The van der Waals surface area contributed by atoms with Crippen LogP contribution in [0.1, 0.15) is 43.7 Å². The van der Waals surface area contributed by atoms with E-state index in [1.54, 1.807) is 30.0 Å². The van der Waals surface area contributed by atoms with Crippen LogP contribution in [0.4, 0.5) is 4.39 Å². The zero-order chi connectivity index (χ0) is 20.8. The first-order valence-electron chi connectivity index (χ1n) is 10.0. The Hall–Kier alpha value is -2.21. The second-order valence-electron chi connectivity index (χ2n) is 7.59. The van der Waals surface area contributed by atoms with E-state index in [1.807, 2.05) is 24.3 Å². The maximum atomic E-state index is 14.1. The topological polar surface area (TPSA) is 49.4 Å². The van der Waals surface area contributed by atoms with Crippen LogP contribution >= 0.6 is 15.9 Å². The number of benzene rings is 2. The van der Waals surface area contributed by atoms with Crippen molar-refractivity contribution >= 4 is 27.7 Å². The summed E-state index contributed by atoms with van der Waals surface area (Å²) < 4.78 is 15.0. The van der Waals surface area contributed by atoms with Crippen LogP contribution in [0.25, 0.3) is 0 Å². The molecule has 1 saturated carbocycles. The summed E-state index contributed by atoms with van der Waals surface area (Å²) in [6.07, 6.45) is 4.11. The van der Waals surface area contributed by atoms with Gasteiger partial charge >= 0.3 is 0 Å². The Morgan fingerprint density at radius 3 is 2.59 bits per heavy atom. The van der Waals surface area contributed by atoms with Gasteiger partial charge in [0.05, 0.1) is 6.42 Å². The van der Waals surface area contributed by atoms with E-state index in [1.165, 1.54) is 6.07 Å². The van der Waals surface area contributed by atoms with Gasteiger partial charge in [0.2, 0.25) is 11.8 Å². The van der Waals surface area contributed by atoms with Gasteiger partial charge in [-0.3, -0.25) is 9.59 Å². The Morgan fingerprint density at radius 2 is 1.90 bits per heavy atom. The SMILES string of the molecule is C[C@H](C(=O)NC1CCCC1)N(Cc1cccc(Br)c1)C(=O)Cc1ccccc1F. The first-order valence-corrected chi connectivity index (χ1v) is 10.8. The van der Waals surface area contributed by atoms with E-state index in [9.17, 15) is 14.0 Å². The average molecular weight is 461 g/mol. The predicted molar refractivity (Wildman–Crippen MR) is 115 cm³/mol. The molecule has 6 heteroatoms. The molecule has 3 rings (SSSR count). The fourth-order valence-corrected chi connectivity index (χ4v) is 4.16. The van der Waals surface area contributed by atoms with Crippen molar-refractivity contribution in [2.24, 2.45) is 0 Å². The normalized spacial score (nSPS) is 15.1. The third-order valence-electron chi connectivity index (χ3n) is 5.41. The number of hydrogen-bond donors (Lipinski definition) is 1. The summed E-state index contributed by atoms with van der Waals surface area (Å²) in [5.41, 5.74) is 1.24. The Labute approximate surface area is 179 Å². The standard InChI is InChI=1S/C23H26BrFN2O2/c1-16(23(29)26-20-10-3-4-11-20)27(15-17-7-6-9-19(24)13-17)22(28)14-18-8-2-5-12-21(18)25/h2,5-9,12-13,16,20H,3-4,10-11,14-15H2,1H3,(H,26,29)/t16-/m1/s1. The van der Waals surface area contributed by atoms with Crippen LogP contribution in [0.3, 0.4) is 0 Å². The highest BCUT2D eigenvalue weighted by atomic mass is 79.9. The van der Waals surface area contributed by atoms with E-state index in [-0.39, 0.29) is 30.8 Å². The maximum Gasteiger partial charge on any atom is 0.242 e. The number of nitrogens with zero attached hydrogens (tertiary/aromatic N) is 1. The van der Waals surface area contributed by atoms with Gasteiger partial charge in [0.1, 0.15) is 11.9 Å². The number of amides is 2. The molecule has 0 aromatic heterocycles. The van der Waals surface area contributed by atoms with Crippen molar-refractivity contribution in [2.45, 2.75) is 57.7 Å². The molecule has 154 valence electrons. The molecule has 0 heterocycles. The van der Waals surface area contributed by atoms with E-state index in [4.69, 9.17) is 0 Å². The molecule has 4 nitrogen and oxygen atoms in total. The minimum atomic E-state index is -0.645. The Morgan fingerprint density at radius 1 is 1.17 bits per heavy atom. The van der Waals surface area contributed by atoms with Crippen molar-refractivity contribution in [2.75, 3.05) is 0 Å². The average Bonchev–Trinajstić information content (AvgIpc) is 3.20. The number of carbonyl (C=O) groups is 2. The summed E-state index contributed by atoms with van der Waals surface area (Å²) in [5, 5.41) is 3.07. The monoisotopic (exact) mass is 460 g/mol. The van der Waals surface area contributed by atoms with Gasteiger partial charge in [0.25, 0.3) is 0 Å². The summed E-state index contributed by atoms with van der Waals surface area (Å²) in [5.74, 6) is -0.843. The zero-order valence-electron chi connectivity index (χ0n) is 16.5. The van der Waals surface area contributed by atoms with E-state index in [0.717, 1.165) is 35.7 Å². The molecule has 0 bridgehead atoms. The van der Waals surface area contributed by atoms with Crippen molar-refractivity contribution < 1.29 is 14.0 Å². The summed E-state index contributed by atoms with van der Waals surface area (Å²) in [7, 11) is 0. The molecule has 29 heavy (non-hydrogen) atoms. The molecule has 0 spiro atoms. The summed E-state index contributed by atoms with van der Waals surface area (Å²) in [6.45, 7) is 2.02. The Kier molecular flexibility index (Phi) is 7.42. The van der Waals surface area contributed by atoms with Crippen molar-refractivity contribution in [1.29, 1.82) is 0 Å². The van der Waals surface area contributed by atoms with Crippen LogP contribution in [-0.4, -0.2) is 28.8 Å². The molecule has 2 amide bonds. The molecule has 0 unspecified atom stereocenters. The Balaban J connectivity index is 1.78. The van der Waals surface area contributed by atoms with E-state index >= 15 is 0 Å². The minimum absolute atomic E-state index is 0.0816. The maximum absolute atomic E-state index is 14.1. The number of rotatable bonds is 7. The largest absolute Gasteiger partial charge is 0.352 e. The smallest absolute Gasteiger partial charge is 0.242 e. The zero-order valence-corrected chi connectivity index (χ0v) is 18.1. The third kappa shape index (κ3) is 5.89. The van der Waals surface area contributed by atoms with Gasteiger partial charge in [-0.15, -0.1) is 0 Å². The highest BCUT2D eigenvalue weighted by Gasteiger charge is 2.28. The minimum Gasteiger partial charge on any atom is -0.352 e. The number of hydrogen-bond acceptors (Lipinski definition) is 2. The van der Waals surface area contributed by atoms with E-state index in [2.05, 4.69) is 21.2 Å². The number of halogens is 2. The lowest BCUT2D eigenvalue weighted by Gasteiger charge is -2.30. The molecular weight excluding hydrogens is 435 g/mol. The van der Waals surface area contributed by atoms with Crippen molar-refractivity contribution in [3.8, 4) is 0 Å². The molecule has 1 fully saturated rings. The van der Waals surface area contributed by atoms with Crippen molar-refractivity contribution in [3.63, 3.8) is 0 Å². The molecule has 2 aromatic carbocycles. The first kappa shape index (κ1) is 21.5. The second kappa shape index (κ2) is 10.0. The highest BCUT2D eigenvalue weighted by Crippen LogP contribution is 2.20. The molecule has 1 aliphatic rings. The van der Waals surface area contributed by atoms with Crippen LogP contribution in [0.15, 0.2) is 53.0 Å². The quantitative estimate of drug-likeness (QED) is 0.655. The van der Waals surface area contributed by atoms with Crippen molar-refractivity contribution in [1.82, 2.24) is 10.2 Å². The Bertz CT molecular complexity index is 867. The van der Waals surface area contributed by atoms with Crippen LogP contribution in [0.2, 0.25) is 0 Å². The molecule has 2 aromatic rings. The molecule has 0 saturated heterocycles. The fourth-order valence-electron chi connectivity index (χ4n) is 3.71. The summed E-state index contributed by atoms with van der Waals surface area (Å²) in [6, 6.07) is 13.4. The van der Waals surface area contributed by atoms with Gasteiger partial charge in [-0.05, 0) is 49.1 Å². The molecule has 1 atom stereocenters. The first-order chi connectivity index (χ1) is 13.9. The molecule has 1 aliphatic carbocycles. The second-order valence-corrected chi connectivity index (χ2v) is 8.50. The number of carbonyl (C=O) groups excluding carboxylic acids is 2. The lowest BCUT2D eigenvalue weighted by atomic mass is 10.1. The van der Waals surface area contributed by atoms with Gasteiger partial charge in [0, 0.05) is 17.1 Å². The van der Waals surface area contributed by atoms with Crippen LogP contribution < -0.4 is 5.32 Å². The third-order valence-corrected chi connectivity index (χ3v) is 5.90. The highest BCUT2D eigenvalue weighted by molar-refractivity contribution is 9.10.